The Morgan fingerprint density at radius 3 is 1.94 bits per heavy atom. The molecule has 0 saturated heterocycles. The van der Waals surface area contributed by atoms with E-state index in [0.29, 0.717) is 17.9 Å². The topological polar surface area (TPSA) is 99.2 Å². The summed E-state index contributed by atoms with van der Waals surface area (Å²) >= 11 is 0. The smallest absolute Gasteiger partial charge is 0.321 e. The number of carbonyl (C=O) groups excluding carboxylic acids is 2. The van der Waals surface area contributed by atoms with Crippen LogP contribution in [-0.2, 0) is 19.6 Å². The minimum absolute atomic E-state index is 0.0116. The van der Waals surface area contributed by atoms with E-state index < -0.39 is 22.5 Å². The van der Waals surface area contributed by atoms with Crippen LogP contribution in [0.1, 0.15) is 30.6 Å². The molecule has 0 saturated carbocycles. The summed E-state index contributed by atoms with van der Waals surface area (Å²) in [7, 11) is -2.60. The van der Waals surface area contributed by atoms with Gasteiger partial charge in [0.15, 0.2) is 5.78 Å². The normalized spacial score (nSPS) is 11.2. The fourth-order valence-electron chi connectivity index (χ4n) is 2.52. The molecule has 0 spiro atoms. The standard InChI is InChI=1S/C22H27NO7S/c1-4-13-28-19-7-9-20(10-8-19)29-14-15-30-22(25)16-23(3)31(26,27)21-11-5-18(6-12-21)17(2)24/h5-12H,4,13-16H2,1-3H3. The van der Waals surface area contributed by atoms with Gasteiger partial charge in [0.1, 0.15) is 31.3 Å². The van der Waals surface area contributed by atoms with Crippen molar-refractivity contribution in [2.24, 2.45) is 0 Å². The van der Waals surface area contributed by atoms with Gasteiger partial charge in [-0.2, -0.15) is 4.31 Å². The zero-order valence-corrected chi connectivity index (χ0v) is 18.7. The first-order valence-corrected chi connectivity index (χ1v) is 11.3. The quantitative estimate of drug-likeness (QED) is 0.279. The number of benzene rings is 2. The third-order valence-corrected chi connectivity index (χ3v) is 6.05. The maximum absolute atomic E-state index is 12.6. The Hall–Kier alpha value is -2.91. The van der Waals surface area contributed by atoms with Gasteiger partial charge in [-0.25, -0.2) is 8.42 Å². The van der Waals surface area contributed by atoms with Crippen LogP contribution in [0.5, 0.6) is 11.5 Å². The predicted octanol–water partition coefficient (Wildman–Crippen LogP) is 2.92. The van der Waals surface area contributed by atoms with Crippen molar-refractivity contribution in [3.05, 3.63) is 54.1 Å². The molecule has 2 aromatic carbocycles. The minimum atomic E-state index is -3.88. The number of nitrogens with zero attached hydrogens (tertiary/aromatic N) is 1. The van der Waals surface area contributed by atoms with Crippen LogP contribution in [0, 0.1) is 0 Å². The number of ketones is 1. The van der Waals surface area contributed by atoms with E-state index in [1.807, 2.05) is 6.92 Å². The second kappa shape index (κ2) is 11.5. The van der Waals surface area contributed by atoms with Crippen molar-refractivity contribution < 1.29 is 32.2 Å². The highest BCUT2D eigenvalue weighted by atomic mass is 32.2. The molecule has 0 fully saturated rings. The Kier molecular flexibility index (Phi) is 9.02. The molecule has 0 atom stereocenters. The Labute approximate surface area is 182 Å². The van der Waals surface area contributed by atoms with Crippen LogP contribution < -0.4 is 9.47 Å². The van der Waals surface area contributed by atoms with Crippen LogP contribution in [0.2, 0.25) is 0 Å². The molecule has 0 amide bonds. The molecule has 0 N–H and O–H groups in total. The van der Waals surface area contributed by atoms with Crippen molar-refractivity contribution in [2.75, 3.05) is 33.4 Å². The molecule has 31 heavy (non-hydrogen) atoms. The largest absolute Gasteiger partial charge is 0.494 e. The third-order valence-electron chi connectivity index (χ3n) is 4.23. The molecule has 2 aromatic rings. The van der Waals surface area contributed by atoms with Crippen LogP contribution in [-0.4, -0.2) is 57.9 Å². The van der Waals surface area contributed by atoms with Gasteiger partial charge in [-0.05, 0) is 49.7 Å². The molecule has 0 heterocycles. The van der Waals surface area contributed by atoms with Gasteiger partial charge in [0.2, 0.25) is 10.0 Å². The maximum Gasteiger partial charge on any atom is 0.321 e. The summed E-state index contributed by atoms with van der Waals surface area (Å²) < 4.78 is 42.0. The van der Waals surface area contributed by atoms with Crippen LogP contribution in [0.25, 0.3) is 0 Å². The van der Waals surface area contributed by atoms with Crippen molar-refractivity contribution in [1.82, 2.24) is 4.31 Å². The SMILES string of the molecule is CCCOc1ccc(OCCOC(=O)CN(C)S(=O)(=O)c2ccc(C(C)=O)cc2)cc1. The van der Waals surface area contributed by atoms with E-state index in [4.69, 9.17) is 14.2 Å². The molecule has 8 nitrogen and oxygen atoms in total. The average molecular weight is 450 g/mol. The zero-order valence-electron chi connectivity index (χ0n) is 17.9. The van der Waals surface area contributed by atoms with E-state index in [9.17, 15) is 18.0 Å². The van der Waals surface area contributed by atoms with Crippen molar-refractivity contribution in [3.8, 4) is 11.5 Å². The lowest BCUT2D eigenvalue weighted by Gasteiger charge is -2.16. The predicted molar refractivity (Wildman–Crippen MR) is 115 cm³/mol. The average Bonchev–Trinajstić information content (AvgIpc) is 2.76. The summed E-state index contributed by atoms with van der Waals surface area (Å²) in [6.45, 7) is 3.73. The fraction of sp³-hybridized carbons (Fsp3) is 0.364. The Bertz CT molecular complexity index is 970. The number of hydrogen-bond acceptors (Lipinski definition) is 7. The first kappa shape index (κ1) is 24.4. The van der Waals surface area contributed by atoms with Crippen molar-refractivity contribution in [2.45, 2.75) is 25.2 Å². The first-order valence-electron chi connectivity index (χ1n) is 9.82. The second-order valence-corrected chi connectivity index (χ2v) is 8.78. The van der Waals surface area contributed by atoms with Gasteiger partial charge in [0.05, 0.1) is 11.5 Å². The van der Waals surface area contributed by atoms with Crippen molar-refractivity contribution in [1.29, 1.82) is 0 Å². The monoisotopic (exact) mass is 449 g/mol. The third kappa shape index (κ3) is 7.37. The number of ether oxygens (including phenoxy) is 3. The summed E-state index contributed by atoms with van der Waals surface area (Å²) in [4.78, 5) is 23.3. The molecule has 9 heteroatoms. The first-order chi connectivity index (χ1) is 14.7. The Morgan fingerprint density at radius 1 is 0.871 bits per heavy atom. The number of carbonyl (C=O) groups is 2. The zero-order chi connectivity index (χ0) is 22.9. The number of rotatable bonds is 12. The highest BCUT2D eigenvalue weighted by Gasteiger charge is 2.23. The van der Waals surface area contributed by atoms with E-state index in [1.54, 1.807) is 24.3 Å². The lowest BCUT2D eigenvalue weighted by atomic mass is 10.2. The van der Waals surface area contributed by atoms with E-state index >= 15 is 0 Å². The van der Waals surface area contributed by atoms with Gasteiger partial charge in [-0.3, -0.25) is 9.59 Å². The van der Waals surface area contributed by atoms with Gasteiger partial charge in [-0.1, -0.05) is 19.1 Å². The molecule has 0 unspecified atom stereocenters. The number of sulfonamides is 1. The highest BCUT2D eigenvalue weighted by molar-refractivity contribution is 7.89. The van der Waals surface area contributed by atoms with Crippen LogP contribution in [0.4, 0.5) is 0 Å². The molecule has 0 aliphatic carbocycles. The molecular weight excluding hydrogens is 422 g/mol. The van der Waals surface area contributed by atoms with Gasteiger partial charge < -0.3 is 14.2 Å². The van der Waals surface area contributed by atoms with Gasteiger partial charge in [-0.15, -0.1) is 0 Å². The number of likely N-dealkylation sites (N-methyl/N-ethyl adjacent to an activating group) is 1. The molecule has 0 aliphatic heterocycles. The van der Waals surface area contributed by atoms with Gasteiger partial charge in [0, 0.05) is 12.6 Å². The van der Waals surface area contributed by atoms with Crippen molar-refractivity contribution >= 4 is 21.8 Å². The maximum atomic E-state index is 12.6. The summed E-state index contributed by atoms with van der Waals surface area (Å²) in [5.74, 6) is 0.497. The van der Waals surface area contributed by atoms with E-state index in [1.165, 1.54) is 38.2 Å². The molecule has 0 bridgehead atoms. The second-order valence-electron chi connectivity index (χ2n) is 6.73. The van der Waals surface area contributed by atoms with E-state index in [0.717, 1.165) is 16.5 Å². The Balaban J connectivity index is 1.77. The molecular formula is C22H27NO7S. The number of hydrogen-bond donors (Lipinski definition) is 0. The lowest BCUT2D eigenvalue weighted by molar-refractivity contribution is -0.144. The number of esters is 1. The summed E-state index contributed by atoms with van der Waals surface area (Å²) in [5.41, 5.74) is 0.407. The van der Waals surface area contributed by atoms with E-state index in [-0.39, 0.29) is 23.9 Å². The van der Waals surface area contributed by atoms with Crippen LogP contribution >= 0.6 is 0 Å². The van der Waals surface area contributed by atoms with Gasteiger partial charge >= 0.3 is 5.97 Å². The summed E-state index contributed by atoms with van der Waals surface area (Å²) in [5, 5.41) is 0. The minimum Gasteiger partial charge on any atom is -0.494 e. The van der Waals surface area contributed by atoms with Gasteiger partial charge in [0.25, 0.3) is 0 Å². The molecule has 2 rings (SSSR count). The van der Waals surface area contributed by atoms with Crippen molar-refractivity contribution in [3.63, 3.8) is 0 Å². The molecule has 0 aromatic heterocycles. The van der Waals surface area contributed by atoms with Crippen LogP contribution in [0.3, 0.4) is 0 Å². The lowest BCUT2D eigenvalue weighted by Crippen LogP contribution is -2.33. The van der Waals surface area contributed by atoms with E-state index in [2.05, 4.69) is 0 Å². The molecule has 0 radical (unpaired) electrons. The fourth-order valence-corrected chi connectivity index (χ4v) is 3.64. The Morgan fingerprint density at radius 2 is 1.42 bits per heavy atom. The highest BCUT2D eigenvalue weighted by Crippen LogP contribution is 2.18. The molecule has 168 valence electrons. The summed E-state index contributed by atoms with van der Waals surface area (Å²) in [6.07, 6.45) is 0.923. The summed E-state index contributed by atoms with van der Waals surface area (Å²) in [6, 6.07) is 12.6. The molecule has 0 aliphatic rings. The van der Waals surface area contributed by atoms with Crippen LogP contribution in [0.15, 0.2) is 53.4 Å². The number of Topliss-reactive ketones (excluding diaryl/α,β-unsaturated/α-hetero) is 1.